The minimum absolute atomic E-state index is 0.117. The Morgan fingerprint density at radius 3 is 3.00 bits per heavy atom. The highest BCUT2D eigenvalue weighted by Gasteiger charge is 2.06. The van der Waals surface area contributed by atoms with E-state index in [0.29, 0.717) is 0 Å². The first kappa shape index (κ1) is 9.93. The van der Waals surface area contributed by atoms with Crippen molar-refractivity contribution >= 4 is 24.4 Å². The van der Waals surface area contributed by atoms with Crippen molar-refractivity contribution in [3.63, 3.8) is 0 Å². The molecule has 3 heteroatoms. The van der Waals surface area contributed by atoms with Gasteiger partial charge in [-0.3, -0.25) is 4.98 Å². The summed E-state index contributed by atoms with van der Waals surface area (Å²) in [7, 11) is 0. The molecule has 0 spiro atoms. The Hall–Kier alpha value is -0.150. The van der Waals surface area contributed by atoms with Crippen LogP contribution in [0.4, 0.5) is 0 Å². The highest BCUT2D eigenvalue weighted by atomic mass is 32.2. The van der Waals surface area contributed by atoms with Gasteiger partial charge >= 0.3 is 0 Å². The van der Waals surface area contributed by atoms with Crippen LogP contribution in [0.15, 0.2) is 24.4 Å². The van der Waals surface area contributed by atoms with Gasteiger partial charge in [0.05, 0.1) is 5.69 Å². The van der Waals surface area contributed by atoms with Crippen molar-refractivity contribution in [2.45, 2.75) is 17.9 Å². The van der Waals surface area contributed by atoms with Crippen LogP contribution in [0.1, 0.15) is 23.6 Å². The van der Waals surface area contributed by atoms with Crippen molar-refractivity contribution in [2.75, 3.05) is 5.75 Å². The predicted octanol–water partition coefficient (Wildman–Crippen LogP) is 3.42. The van der Waals surface area contributed by atoms with Gasteiger partial charge in [-0.1, -0.05) is 25.6 Å². The van der Waals surface area contributed by atoms with Gasteiger partial charge in [0.15, 0.2) is 0 Å². The number of aromatic nitrogens is 1. The van der Waals surface area contributed by atoms with Gasteiger partial charge in [0.25, 0.3) is 0 Å². The Kier molecular flexibility index (Phi) is 4.54. The molecular formula is C9H12NS2. The highest BCUT2D eigenvalue weighted by Crippen LogP contribution is 2.30. The van der Waals surface area contributed by atoms with Gasteiger partial charge in [-0.25, -0.2) is 0 Å². The first-order valence-electron chi connectivity index (χ1n) is 4.03. The molecule has 0 aliphatic carbocycles. The van der Waals surface area contributed by atoms with E-state index >= 15 is 0 Å². The van der Waals surface area contributed by atoms with Crippen molar-refractivity contribution in [3.05, 3.63) is 30.1 Å². The van der Waals surface area contributed by atoms with Crippen molar-refractivity contribution in [1.82, 2.24) is 4.98 Å². The lowest BCUT2D eigenvalue weighted by atomic mass is 10.4. The summed E-state index contributed by atoms with van der Waals surface area (Å²) in [6.45, 7) is 2.16. The zero-order chi connectivity index (χ0) is 8.81. The fourth-order valence-electron chi connectivity index (χ4n) is 0.826. The summed E-state index contributed by atoms with van der Waals surface area (Å²) in [5, 5.41) is 0. The Balaban J connectivity index is 2.48. The van der Waals surface area contributed by atoms with Gasteiger partial charge in [-0.15, -0.1) is 11.8 Å². The first-order chi connectivity index (χ1) is 5.84. The average molecular weight is 198 g/mol. The number of nitrogens with zero attached hydrogens (tertiary/aromatic N) is 1. The molecule has 1 heterocycles. The van der Waals surface area contributed by atoms with E-state index in [2.05, 4.69) is 11.9 Å². The summed E-state index contributed by atoms with van der Waals surface area (Å²) in [6.07, 6.45) is 2.96. The molecule has 0 N–H and O–H groups in total. The second-order valence-corrected chi connectivity index (χ2v) is 4.44. The summed E-state index contributed by atoms with van der Waals surface area (Å²) < 4.78 is 0.117. The molecular weight excluding hydrogens is 186 g/mol. The van der Waals surface area contributed by atoms with Crippen LogP contribution in [0.3, 0.4) is 0 Å². The van der Waals surface area contributed by atoms with E-state index in [1.54, 1.807) is 18.0 Å². The highest BCUT2D eigenvalue weighted by molar-refractivity contribution is 8.09. The predicted molar refractivity (Wildman–Crippen MR) is 57.3 cm³/mol. The van der Waals surface area contributed by atoms with E-state index in [-0.39, 0.29) is 4.58 Å². The van der Waals surface area contributed by atoms with E-state index in [1.165, 1.54) is 6.42 Å². The van der Waals surface area contributed by atoms with Crippen LogP contribution in [0.25, 0.3) is 0 Å². The second-order valence-electron chi connectivity index (χ2n) is 2.46. The molecule has 1 atom stereocenters. The minimum atomic E-state index is 0.117. The van der Waals surface area contributed by atoms with Crippen molar-refractivity contribution < 1.29 is 0 Å². The third kappa shape index (κ3) is 3.07. The molecule has 0 aliphatic heterocycles. The minimum Gasteiger partial charge on any atom is -0.259 e. The molecule has 1 aromatic heterocycles. The van der Waals surface area contributed by atoms with Gasteiger partial charge in [-0.2, -0.15) is 0 Å². The van der Waals surface area contributed by atoms with Gasteiger partial charge in [0, 0.05) is 6.20 Å². The first-order valence-corrected chi connectivity index (χ1v) is 5.55. The molecule has 1 radical (unpaired) electrons. The third-order valence-electron chi connectivity index (χ3n) is 1.40. The zero-order valence-electron chi connectivity index (χ0n) is 7.06. The van der Waals surface area contributed by atoms with Crippen LogP contribution in [-0.2, 0) is 0 Å². The lowest BCUT2D eigenvalue weighted by Crippen LogP contribution is -1.90. The number of pyridine rings is 1. The second kappa shape index (κ2) is 5.49. The van der Waals surface area contributed by atoms with E-state index in [4.69, 9.17) is 12.6 Å². The van der Waals surface area contributed by atoms with Crippen LogP contribution >= 0.6 is 24.4 Å². The summed E-state index contributed by atoms with van der Waals surface area (Å²) >= 11 is 7.05. The van der Waals surface area contributed by atoms with Gasteiger partial charge in [-0.05, 0) is 24.3 Å². The molecule has 0 bridgehead atoms. The lowest BCUT2D eigenvalue weighted by molar-refractivity contribution is 1.09. The maximum atomic E-state index is 5.27. The number of thioether (sulfide) groups is 1. The molecule has 0 saturated carbocycles. The fraction of sp³-hybridized carbons (Fsp3) is 0.444. The van der Waals surface area contributed by atoms with E-state index in [1.807, 2.05) is 18.2 Å². The van der Waals surface area contributed by atoms with Crippen molar-refractivity contribution in [2.24, 2.45) is 0 Å². The molecule has 1 nitrogen and oxygen atoms in total. The molecule has 0 saturated heterocycles. The molecule has 1 rings (SSSR count). The van der Waals surface area contributed by atoms with Crippen LogP contribution in [0.5, 0.6) is 0 Å². The Labute approximate surface area is 83.4 Å². The molecule has 1 aromatic rings. The quantitative estimate of drug-likeness (QED) is 0.735. The topological polar surface area (TPSA) is 12.9 Å². The molecule has 0 aromatic carbocycles. The molecule has 12 heavy (non-hydrogen) atoms. The van der Waals surface area contributed by atoms with Crippen molar-refractivity contribution in [3.8, 4) is 0 Å². The average Bonchev–Trinajstić information content (AvgIpc) is 2.15. The SMILES string of the molecule is CCCSC([S])c1ccccn1. The lowest BCUT2D eigenvalue weighted by Gasteiger charge is -2.06. The van der Waals surface area contributed by atoms with Crippen LogP contribution in [0, 0.1) is 0 Å². The zero-order valence-corrected chi connectivity index (χ0v) is 8.70. The number of hydrogen-bond donors (Lipinski definition) is 0. The number of rotatable bonds is 4. The summed E-state index contributed by atoms with van der Waals surface area (Å²) in [4.78, 5) is 4.21. The maximum absolute atomic E-state index is 5.27. The molecule has 0 aliphatic rings. The smallest absolute Gasteiger partial charge is 0.103 e. The van der Waals surface area contributed by atoms with Crippen LogP contribution in [0.2, 0.25) is 0 Å². The Bertz CT molecular complexity index is 213. The van der Waals surface area contributed by atoms with E-state index in [9.17, 15) is 0 Å². The Morgan fingerprint density at radius 1 is 1.58 bits per heavy atom. The summed E-state index contributed by atoms with van der Waals surface area (Å²) in [5.74, 6) is 1.12. The largest absolute Gasteiger partial charge is 0.259 e. The maximum Gasteiger partial charge on any atom is 0.103 e. The van der Waals surface area contributed by atoms with Gasteiger partial charge < -0.3 is 0 Å². The third-order valence-corrected chi connectivity index (χ3v) is 3.24. The molecule has 0 fully saturated rings. The standard InChI is InChI=1S/C9H12NS2/c1-2-7-12-9(11)8-5-3-4-6-10-8/h3-6,9H,2,7H2,1H3. The molecule has 0 amide bonds. The summed E-state index contributed by atoms with van der Waals surface area (Å²) in [5.41, 5.74) is 1.01. The van der Waals surface area contributed by atoms with Crippen LogP contribution in [-0.4, -0.2) is 10.7 Å². The molecule has 65 valence electrons. The van der Waals surface area contributed by atoms with Crippen molar-refractivity contribution in [1.29, 1.82) is 0 Å². The van der Waals surface area contributed by atoms with E-state index in [0.717, 1.165) is 11.4 Å². The van der Waals surface area contributed by atoms with E-state index < -0.39 is 0 Å². The fourth-order valence-corrected chi connectivity index (χ4v) is 2.01. The normalized spacial score (nSPS) is 12.8. The number of hydrogen-bond acceptors (Lipinski definition) is 2. The van der Waals surface area contributed by atoms with Gasteiger partial charge in [0.2, 0.25) is 0 Å². The summed E-state index contributed by atoms with van der Waals surface area (Å²) in [6, 6.07) is 5.88. The Morgan fingerprint density at radius 2 is 2.42 bits per heavy atom. The monoisotopic (exact) mass is 198 g/mol. The molecule has 1 unspecified atom stereocenters. The van der Waals surface area contributed by atoms with Gasteiger partial charge in [0.1, 0.15) is 4.58 Å². The van der Waals surface area contributed by atoms with Crippen LogP contribution < -0.4 is 0 Å².